The molecule has 22 heavy (non-hydrogen) atoms. The van der Waals surface area contributed by atoms with E-state index in [2.05, 4.69) is 13.5 Å². The molecule has 0 N–H and O–H groups in total. The first-order valence-electron chi connectivity index (χ1n) is 8.32. The van der Waals surface area contributed by atoms with Crippen molar-refractivity contribution < 1.29 is 13.9 Å². The standard InChI is InChI=1S/C19H25FO2/c1-3-14-11-21-19(22-12-14)16-8-9-17(18(20)10-16)15-6-4-13(2)5-7-15/h3,8-10,13-15,19H,1,4-7,11-12H2,2H3. The SMILES string of the molecule is C=CC1COC(c2ccc(C3CCC(C)CC3)c(F)c2)OC1. The predicted molar refractivity (Wildman–Crippen MR) is 85.1 cm³/mol. The summed E-state index contributed by atoms with van der Waals surface area (Å²) in [5, 5.41) is 0. The van der Waals surface area contributed by atoms with E-state index in [1.54, 1.807) is 6.07 Å². The summed E-state index contributed by atoms with van der Waals surface area (Å²) in [7, 11) is 0. The van der Waals surface area contributed by atoms with E-state index in [4.69, 9.17) is 9.47 Å². The van der Waals surface area contributed by atoms with Gasteiger partial charge < -0.3 is 9.47 Å². The Morgan fingerprint density at radius 1 is 1.14 bits per heavy atom. The minimum absolute atomic E-state index is 0.116. The zero-order valence-electron chi connectivity index (χ0n) is 13.3. The molecule has 0 radical (unpaired) electrons. The summed E-state index contributed by atoms with van der Waals surface area (Å²) in [5.74, 6) is 1.25. The minimum Gasteiger partial charge on any atom is -0.348 e. The van der Waals surface area contributed by atoms with Crippen LogP contribution >= 0.6 is 0 Å². The highest BCUT2D eigenvalue weighted by Gasteiger charge is 2.25. The molecule has 0 aromatic heterocycles. The fourth-order valence-electron chi connectivity index (χ4n) is 3.44. The van der Waals surface area contributed by atoms with Crippen LogP contribution in [0, 0.1) is 17.7 Å². The Labute approximate surface area is 132 Å². The third-order valence-corrected chi connectivity index (χ3v) is 5.01. The second kappa shape index (κ2) is 6.93. The smallest absolute Gasteiger partial charge is 0.183 e. The van der Waals surface area contributed by atoms with Crippen molar-refractivity contribution in [1.82, 2.24) is 0 Å². The maximum atomic E-state index is 14.5. The van der Waals surface area contributed by atoms with Gasteiger partial charge in [0.15, 0.2) is 6.29 Å². The number of ether oxygens (including phenoxy) is 2. The van der Waals surface area contributed by atoms with Crippen LogP contribution in [0.2, 0.25) is 0 Å². The number of halogens is 1. The molecule has 0 unspecified atom stereocenters. The fourth-order valence-corrected chi connectivity index (χ4v) is 3.44. The van der Waals surface area contributed by atoms with Gasteiger partial charge in [0.25, 0.3) is 0 Å². The van der Waals surface area contributed by atoms with E-state index in [9.17, 15) is 4.39 Å². The van der Waals surface area contributed by atoms with E-state index in [0.29, 0.717) is 19.1 Å². The van der Waals surface area contributed by atoms with Crippen LogP contribution in [0.15, 0.2) is 30.9 Å². The Morgan fingerprint density at radius 3 is 2.41 bits per heavy atom. The van der Waals surface area contributed by atoms with Crippen LogP contribution in [0.3, 0.4) is 0 Å². The lowest BCUT2D eigenvalue weighted by Crippen LogP contribution is -2.25. The van der Waals surface area contributed by atoms with Crippen molar-refractivity contribution in [2.45, 2.75) is 44.8 Å². The predicted octanol–water partition coefficient (Wildman–Crippen LogP) is 4.97. The highest BCUT2D eigenvalue weighted by atomic mass is 19.1. The molecular weight excluding hydrogens is 279 g/mol. The Hall–Kier alpha value is -1.19. The van der Waals surface area contributed by atoms with Crippen LogP contribution < -0.4 is 0 Å². The number of rotatable bonds is 3. The maximum absolute atomic E-state index is 14.5. The van der Waals surface area contributed by atoms with Gasteiger partial charge >= 0.3 is 0 Å². The number of hydrogen-bond donors (Lipinski definition) is 0. The fraction of sp³-hybridized carbons (Fsp3) is 0.579. The highest BCUT2D eigenvalue weighted by molar-refractivity contribution is 5.28. The topological polar surface area (TPSA) is 18.5 Å². The van der Waals surface area contributed by atoms with Crippen molar-refractivity contribution in [2.75, 3.05) is 13.2 Å². The second-order valence-electron chi connectivity index (χ2n) is 6.73. The van der Waals surface area contributed by atoms with Gasteiger partial charge in [-0.1, -0.05) is 38.0 Å². The first-order chi connectivity index (χ1) is 10.7. The monoisotopic (exact) mass is 304 g/mol. The van der Waals surface area contributed by atoms with Crippen molar-refractivity contribution in [3.8, 4) is 0 Å². The minimum atomic E-state index is -0.453. The van der Waals surface area contributed by atoms with Gasteiger partial charge in [0, 0.05) is 11.5 Å². The van der Waals surface area contributed by atoms with Crippen molar-refractivity contribution in [2.24, 2.45) is 11.8 Å². The third-order valence-electron chi connectivity index (χ3n) is 5.01. The van der Waals surface area contributed by atoms with Crippen molar-refractivity contribution in [3.05, 3.63) is 47.8 Å². The molecule has 1 heterocycles. The first kappa shape index (κ1) is 15.7. The average Bonchev–Trinajstić information content (AvgIpc) is 2.56. The molecule has 2 nitrogen and oxygen atoms in total. The van der Waals surface area contributed by atoms with Crippen LogP contribution in [0.25, 0.3) is 0 Å². The summed E-state index contributed by atoms with van der Waals surface area (Å²) < 4.78 is 25.8. The summed E-state index contributed by atoms with van der Waals surface area (Å²) in [4.78, 5) is 0. The summed E-state index contributed by atoms with van der Waals surface area (Å²) >= 11 is 0. The van der Waals surface area contributed by atoms with Crippen LogP contribution in [0.5, 0.6) is 0 Å². The molecule has 0 atom stereocenters. The molecule has 3 rings (SSSR count). The third kappa shape index (κ3) is 3.41. The van der Waals surface area contributed by atoms with Gasteiger partial charge in [-0.15, -0.1) is 6.58 Å². The molecule has 1 saturated carbocycles. The summed E-state index contributed by atoms with van der Waals surface area (Å²) in [5.41, 5.74) is 1.63. The molecular formula is C19H25FO2. The van der Waals surface area contributed by atoms with E-state index in [1.165, 1.54) is 12.8 Å². The molecule has 1 saturated heterocycles. The van der Waals surface area contributed by atoms with E-state index >= 15 is 0 Å². The molecule has 1 aromatic rings. The van der Waals surface area contributed by atoms with Gasteiger partial charge in [-0.25, -0.2) is 4.39 Å². The molecule has 0 amide bonds. The highest BCUT2D eigenvalue weighted by Crippen LogP contribution is 2.37. The summed E-state index contributed by atoms with van der Waals surface area (Å²) in [6, 6.07) is 5.47. The molecule has 1 aliphatic carbocycles. The number of hydrogen-bond acceptors (Lipinski definition) is 2. The Bertz CT molecular complexity index is 512. The Balaban J connectivity index is 1.68. The quantitative estimate of drug-likeness (QED) is 0.734. The van der Waals surface area contributed by atoms with Gasteiger partial charge in [0.1, 0.15) is 5.82 Å². The van der Waals surface area contributed by atoms with Crippen molar-refractivity contribution in [1.29, 1.82) is 0 Å². The lowest BCUT2D eigenvalue weighted by Gasteiger charge is -2.29. The molecule has 3 heteroatoms. The lowest BCUT2D eigenvalue weighted by atomic mass is 9.79. The second-order valence-corrected chi connectivity index (χ2v) is 6.73. The van der Waals surface area contributed by atoms with Crippen LogP contribution in [-0.2, 0) is 9.47 Å². The Kier molecular flexibility index (Phi) is 4.94. The molecule has 2 aliphatic rings. The van der Waals surface area contributed by atoms with Gasteiger partial charge in [-0.05, 0) is 36.3 Å². The summed E-state index contributed by atoms with van der Waals surface area (Å²) in [6.07, 6.45) is 5.97. The van der Waals surface area contributed by atoms with Crippen molar-refractivity contribution >= 4 is 0 Å². The van der Waals surface area contributed by atoms with E-state index in [-0.39, 0.29) is 11.7 Å². The van der Waals surface area contributed by atoms with E-state index in [1.807, 2.05) is 18.2 Å². The van der Waals surface area contributed by atoms with Crippen molar-refractivity contribution in [3.63, 3.8) is 0 Å². The van der Waals surface area contributed by atoms with Gasteiger partial charge in [0.2, 0.25) is 0 Å². The van der Waals surface area contributed by atoms with Crippen LogP contribution in [0.4, 0.5) is 4.39 Å². The zero-order valence-corrected chi connectivity index (χ0v) is 13.3. The molecule has 1 aliphatic heterocycles. The molecule has 1 aromatic carbocycles. The zero-order chi connectivity index (χ0) is 15.5. The van der Waals surface area contributed by atoms with Crippen LogP contribution in [-0.4, -0.2) is 13.2 Å². The largest absolute Gasteiger partial charge is 0.348 e. The lowest BCUT2D eigenvalue weighted by molar-refractivity contribution is -0.197. The first-order valence-corrected chi connectivity index (χ1v) is 8.32. The normalized spacial score (nSPS) is 32.6. The van der Waals surface area contributed by atoms with Gasteiger partial charge in [0.05, 0.1) is 13.2 Å². The molecule has 120 valence electrons. The Morgan fingerprint density at radius 2 is 1.82 bits per heavy atom. The van der Waals surface area contributed by atoms with Gasteiger partial charge in [-0.3, -0.25) is 0 Å². The summed E-state index contributed by atoms with van der Waals surface area (Å²) in [6.45, 7) is 7.19. The average molecular weight is 304 g/mol. The van der Waals surface area contributed by atoms with E-state index in [0.717, 1.165) is 29.9 Å². The molecule has 0 spiro atoms. The molecule has 2 fully saturated rings. The molecule has 0 bridgehead atoms. The van der Waals surface area contributed by atoms with E-state index < -0.39 is 6.29 Å². The van der Waals surface area contributed by atoms with Gasteiger partial charge in [-0.2, -0.15) is 0 Å². The maximum Gasteiger partial charge on any atom is 0.183 e. The van der Waals surface area contributed by atoms with Crippen LogP contribution in [0.1, 0.15) is 55.9 Å². The number of benzene rings is 1.